The first kappa shape index (κ1) is 17.5. The average molecular weight is 362 g/mol. The van der Waals surface area contributed by atoms with Gasteiger partial charge < -0.3 is 20.7 Å². The molecule has 1 amide bonds. The molecule has 2 unspecified atom stereocenters. The van der Waals surface area contributed by atoms with Crippen molar-refractivity contribution in [1.82, 2.24) is 10.2 Å². The Bertz CT molecular complexity index is 785. The molecule has 1 saturated heterocycles. The molecule has 0 spiro atoms. The number of nitrogens with zero attached hydrogens (tertiary/aromatic N) is 1. The maximum Gasteiger partial charge on any atom is 0.258 e. The van der Waals surface area contributed by atoms with Gasteiger partial charge in [-0.2, -0.15) is 0 Å². The lowest BCUT2D eigenvalue weighted by Gasteiger charge is -2.46. The number of Topliss-reactive ketones (excluding diaryl/α,β-unsaturated/α-hetero) is 1. The zero-order valence-corrected chi connectivity index (χ0v) is 14.6. The number of amides is 1. The van der Waals surface area contributed by atoms with Crippen molar-refractivity contribution < 1.29 is 14.3 Å². The highest BCUT2D eigenvalue weighted by atomic mass is 35.5. The molecule has 1 aromatic rings. The van der Waals surface area contributed by atoms with Crippen LogP contribution in [-0.4, -0.2) is 36.3 Å². The Morgan fingerprint density at radius 3 is 2.64 bits per heavy atom. The van der Waals surface area contributed by atoms with E-state index in [0.717, 1.165) is 29.0 Å². The van der Waals surface area contributed by atoms with Gasteiger partial charge in [0.2, 0.25) is 0 Å². The standard InChI is InChI=1S/C18H19N3O3.ClH/c1-24-11-4-2-10(3-5-11)17-20-18(23)15-14(22)7-6-12-13(19)8-9-21(17)16(12)15;/h2-6,13,17H,7-9,19H2,1H3,(H,20,23);1H. The number of ether oxygens (including phenoxy) is 1. The number of carbonyl (C=O) groups excluding carboxylic acids is 2. The van der Waals surface area contributed by atoms with Gasteiger partial charge in [0.15, 0.2) is 5.78 Å². The number of hydrogen-bond acceptors (Lipinski definition) is 5. The molecular weight excluding hydrogens is 342 g/mol. The number of hydrogen-bond donors (Lipinski definition) is 2. The number of rotatable bonds is 2. The quantitative estimate of drug-likeness (QED) is 0.778. The summed E-state index contributed by atoms with van der Waals surface area (Å²) >= 11 is 0. The van der Waals surface area contributed by atoms with Gasteiger partial charge in [-0.1, -0.05) is 18.2 Å². The molecule has 2 heterocycles. The summed E-state index contributed by atoms with van der Waals surface area (Å²) in [6, 6.07) is 7.46. The van der Waals surface area contributed by atoms with E-state index in [2.05, 4.69) is 10.2 Å². The fourth-order valence-electron chi connectivity index (χ4n) is 3.68. The number of ketones is 1. The lowest BCUT2D eigenvalue weighted by atomic mass is 9.83. The number of benzene rings is 1. The van der Waals surface area contributed by atoms with Gasteiger partial charge >= 0.3 is 0 Å². The summed E-state index contributed by atoms with van der Waals surface area (Å²) in [4.78, 5) is 26.9. The molecule has 132 valence electrons. The second kappa shape index (κ2) is 6.54. The third-order valence-electron chi connectivity index (χ3n) is 4.90. The van der Waals surface area contributed by atoms with Gasteiger partial charge in [0.25, 0.3) is 5.91 Å². The van der Waals surface area contributed by atoms with Crippen LogP contribution in [0.4, 0.5) is 0 Å². The number of piperidine rings is 1. The first-order valence-electron chi connectivity index (χ1n) is 8.05. The van der Waals surface area contributed by atoms with E-state index in [1.807, 2.05) is 30.3 Å². The van der Waals surface area contributed by atoms with E-state index in [1.54, 1.807) is 7.11 Å². The van der Waals surface area contributed by atoms with Crippen LogP contribution in [0.2, 0.25) is 0 Å². The highest BCUT2D eigenvalue weighted by Gasteiger charge is 2.43. The summed E-state index contributed by atoms with van der Waals surface area (Å²) in [7, 11) is 1.62. The van der Waals surface area contributed by atoms with Gasteiger partial charge in [-0.05, 0) is 29.7 Å². The summed E-state index contributed by atoms with van der Waals surface area (Å²) in [6.07, 6.45) is 2.61. The zero-order chi connectivity index (χ0) is 16.8. The molecule has 25 heavy (non-hydrogen) atoms. The smallest absolute Gasteiger partial charge is 0.258 e. The molecule has 7 heteroatoms. The maximum absolute atomic E-state index is 12.6. The molecule has 2 aliphatic heterocycles. The van der Waals surface area contributed by atoms with E-state index in [4.69, 9.17) is 10.5 Å². The minimum absolute atomic E-state index is 0. The Labute approximate surface area is 152 Å². The van der Waals surface area contributed by atoms with Crippen molar-refractivity contribution in [3.63, 3.8) is 0 Å². The van der Waals surface area contributed by atoms with Crippen molar-refractivity contribution >= 4 is 24.1 Å². The van der Waals surface area contributed by atoms with Crippen LogP contribution in [-0.2, 0) is 9.59 Å². The second-order valence-electron chi connectivity index (χ2n) is 6.25. The van der Waals surface area contributed by atoms with Gasteiger partial charge in [-0.25, -0.2) is 0 Å². The first-order chi connectivity index (χ1) is 11.6. The lowest BCUT2D eigenvalue weighted by Crippen LogP contribution is -2.54. The zero-order valence-electron chi connectivity index (χ0n) is 13.8. The largest absolute Gasteiger partial charge is 0.497 e. The van der Waals surface area contributed by atoms with Gasteiger partial charge in [0.05, 0.1) is 12.8 Å². The van der Waals surface area contributed by atoms with Crippen molar-refractivity contribution in [2.45, 2.75) is 25.0 Å². The van der Waals surface area contributed by atoms with E-state index in [9.17, 15) is 9.59 Å². The first-order valence-corrected chi connectivity index (χ1v) is 8.05. The molecule has 0 aromatic heterocycles. The van der Waals surface area contributed by atoms with E-state index < -0.39 is 0 Å². The monoisotopic (exact) mass is 361 g/mol. The number of nitrogens with one attached hydrogen (secondary N) is 1. The number of carbonyl (C=O) groups is 2. The van der Waals surface area contributed by atoms with Crippen LogP contribution in [0.1, 0.15) is 24.6 Å². The van der Waals surface area contributed by atoms with Crippen LogP contribution in [0, 0.1) is 0 Å². The van der Waals surface area contributed by atoms with Gasteiger partial charge in [-0.15, -0.1) is 12.4 Å². The highest BCUT2D eigenvalue weighted by Crippen LogP contribution is 2.40. The van der Waals surface area contributed by atoms with Gasteiger partial charge in [-0.3, -0.25) is 9.59 Å². The predicted octanol–water partition coefficient (Wildman–Crippen LogP) is 1.43. The molecular formula is C18H20ClN3O3. The third kappa shape index (κ3) is 2.71. The minimum atomic E-state index is -0.313. The number of methoxy groups -OCH3 is 1. The van der Waals surface area contributed by atoms with Crippen molar-refractivity contribution in [3.05, 3.63) is 52.7 Å². The fourth-order valence-corrected chi connectivity index (χ4v) is 3.68. The molecule has 0 bridgehead atoms. The van der Waals surface area contributed by atoms with Crippen molar-refractivity contribution in [2.24, 2.45) is 5.73 Å². The van der Waals surface area contributed by atoms with Crippen LogP contribution in [0.5, 0.6) is 5.75 Å². The molecule has 0 radical (unpaired) electrons. The summed E-state index contributed by atoms with van der Waals surface area (Å²) in [5, 5.41) is 2.97. The molecule has 3 N–H and O–H groups in total. The van der Waals surface area contributed by atoms with Crippen LogP contribution in [0.15, 0.2) is 47.2 Å². The number of nitrogens with two attached hydrogens (primary N) is 1. The Morgan fingerprint density at radius 1 is 1.24 bits per heavy atom. The summed E-state index contributed by atoms with van der Waals surface area (Å²) in [5.41, 5.74) is 9.06. The SMILES string of the molecule is COc1ccc(C2NC(=O)C3=C4C(=CCC3=O)C(N)CCN42)cc1.Cl. The maximum atomic E-state index is 12.6. The van der Waals surface area contributed by atoms with E-state index in [1.165, 1.54) is 0 Å². The molecule has 1 aromatic carbocycles. The highest BCUT2D eigenvalue weighted by molar-refractivity contribution is 6.22. The van der Waals surface area contributed by atoms with Crippen molar-refractivity contribution in [1.29, 1.82) is 0 Å². The average Bonchev–Trinajstić information content (AvgIpc) is 2.60. The van der Waals surface area contributed by atoms with E-state index >= 15 is 0 Å². The minimum Gasteiger partial charge on any atom is -0.497 e. The van der Waals surface area contributed by atoms with Crippen LogP contribution in [0.3, 0.4) is 0 Å². The molecule has 1 aliphatic carbocycles. The van der Waals surface area contributed by atoms with Crippen molar-refractivity contribution in [3.8, 4) is 5.75 Å². The topological polar surface area (TPSA) is 84.7 Å². The molecule has 2 atom stereocenters. The molecule has 6 nitrogen and oxygen atoms in total. The summed E-state index contributed by atoms with van der Waals surface area (Å²) < 4.78 is 5.19. The second-order valence-corrected chi connectivity index (χ2v) is 6.25. The van der Waals surface area contributed by atoms with E-state index in [-0.39, 0.29) is 48.3 Å². The predicted molar refractivity (Wildman–Crippen MR) is 95.2 cm³/mol. The Balaban J connectivity index is 0.00000182. The Hall–Kier alpha value is -2.31. The molecule has 0 saturated carbocycles. The molecule has 4 rings (SSSR count). The molecule has 3 aliphatic rings. The Morgan fingerprint density at radius 2 is 1.96 bits per heavy atom. The number of allylic oxidation sites excluding steroid dienone is 1. The Kier molecular flexibility index (Phi) is 4.58. The van der Waals surface area contributed by atoms with Crippen molar-refractivity contribution in [2.75, 3.05) is 13.7 Å². The van der Waals surface area contributed by atoms with Crippen LogP contribution < -0.4 is 15.8 Å². The fraction of sp³-hybridized carbons (Fsp3) is 0.333. The van der Waals surface area contributed by atoms with Gasteiger partial charge in [0, 0.05) is 19.0 Å². The van der Waals surface area contributed by atoms with Crippen LogP contribution in [0.25, 0.3) is 0 Å². The van der Waals surface area contributed by atoms with Gasteiger partial charge in [0.1, 0.15) is 17.5 Å². The van der Waals surface area contributed by atoms with Crippen LogP contribution >= 0.6 is 12.4 Å². The summed E-state index contributed by atoms with van der Waals surface area (Å²) in [5.74, 6) is 0.306. The molecule has 1 fully saturated rings. The number of halogens is 1. The summed E-state index contributed by atoms with van der Waals surface area (Å²) in [6.45, 7) is 0.696. The lowest BCUT2D eigenvalue weighted by molar-refractivity contribution is -0.125. The third-order valence-corrected chi connectivity index (χ3v) is 4.90. The van der Waals surface area contributed by atoms with E-state index in [0.29, 0.717) is 6.54 Å². The normalized spacial score (nSPS) is 24.9.